The number of benzene rings is 8. The second kappa shape index (κ2) is 13.2. The van der Waals surface area contributed by atoms with E-state index < -0.39 is 0 Å². The highest BCUT2D eigenvalue weighted by atomic mass is 15.3. The first-order valence-corrected chi connectivity index (χ1v) is 17.4. The van der Waals surface area contributed by atoms with Crippen LogP contribution in [-0.4, -0.2) is 0 Å². The first-order valence-electron chi connectivity index (χ1n) is 17.4. The maximum absolute atomic E-state index is 2.38. The van der Waals surface area contributed by atoms with Crippen LogP contribution in [0.15, 0.2) is 212 Å². The van der Waals surface area contributed by atoms with Gasteiger partial charge in [-0.1, -0.05) is 127 Å². The summed E-state index contributed by atoms with van der Waals surface area (Å²) in [5, 5.41) is 0. The molecule has 0 unspecified atom stereocenters. The lowest BCUT2D eigenvalue weighted by atomic mass is 10.0. The van der Waals surface area contributed by atoms with Crippen molar-refractivity contribution in [1.29, 1.82) is 0 Å². The molecule has 3 heteroatoms. The Balaban J connectivity index is 1.12. The SMILES string of the molecule is c1ccc(-c2ccc(N(c3ccc(-c4ccccc4)cc3)c3ccc(N4c5ccccc5N(c5ccccc5)c5ccccc54)cc3)cc2)cc1. The molecule has 3 nitrogen and oxygen atoms in total. The molecule has 0 saturated carbocycles. The number of anilines is 9. The molecule has 0 spiro atoms. The molecule has 1 heterocycles. The fourth-order valence-corrected chi connectivity index (χ4v) is 7.14. The van der Waals surface area contributed by atoms with E-state index in [0.29, 0.717) is 0 Å². The lowest BCUT2D eigenvalue weighted by Crippen LogP contribution is -2.23. The molecule has 8 aromatic carbocycles. The zero-order valence-corrected chi connectivity index (χ0v) is 28.0. The largest absolute Gasteiger partial charge is 0.311 e. The molecule has 8 aromatic rings. The van der Waals surface area contributed by atoms with E-state index in [-0.39, 0.29) is 0 Å². The smallest absolute Gasteiger partial charge is 0.0703 e. The van der Waals surface area contributed by atoms with Gasteiger partial charge in [0, 0.05) is 28.4 Å². The third-order valence-electron chi connectivity index (χ3n) is 9.57. The Kier molecular flexibility index (Phi) is 7.84. The zero-order chi connectivity index (χ0) is 34.0. The maximum Gasteiger partial charge on any atom is 0.0703 e. The van der Waals surface area contributed by atoms with E-state index in [1.165, 1.54) is 22.3 Å². The second-order valence-corrected chi connectivity index (χ2v) is 12.7. The third-order valence-corrected chi connectivity index (χ3v) is 9.57. The highest BCUT2D eigenvalue weighted by molar-refractivity contribution is 6.01. The number of nitrogens with zero attached hydrogens (tertiary/aromatic N) is 3. The van der Waals surface area contributed by atoms with Gasteiger partial charge in [0.2, 0.25) is 0 Å². The Bertz CT molecular complexity index is 2260. The molecule has 242 valence electrons. The molecule has 0 bridgehead atoms. The average molecular weight is 654 g/mol. The Morgan fingerprint density at radius 3 is 0.882 bits per heavy atom. The van der Waals surface area contributed by atoms with Crippen molar-refractivity contribution in [1.82, 2.24) is 0 Å². The van der Waals surface area contributed by atoms with E-state index in [1.54, 1.807) is 0 Å². The molecule has 0 atom stereocenters. The highest BCUT2D eigenvalue weighted by Gasteiger charge is 2.30. The fourth-order valence-electron chi connectivity index (χ4n) is 7.14. The molecule has 9 rings (SSSR count). The van der Waals surface area contributed by atoms with Crippen LogP contribution in [0.3, 0.4) is 0 Å². The minimum atomic E-state index is 1.09. The molecule has 0 radical (unpaired) electrons. The van der Waals surface area contributed by atoms with Gasteiger partial charge in [0.25, 0.3) is 0 Å². The molecule has 0 fully saturated rings. The van der Waals surface area contributed by atoms with Crippen LogP contribution in [-0.2, 0) is 0 Å². The Morgan fingerprint density at radius 2 is 0.510 bits per heavy atom. The van der Waals surface area contributed by atoms with Crippen LogP contribution in [0.4, 0.5) is 51.2 Å². The first-order chi connectivity index (χ1) is 25.3. The lowest BCUT2D eigenvalue weighted by Gasteiger charge is -2.40. The van der Waals surface area contributed by atoms with Crippen LogP contribution in [0.2, 0.25) is 0 Å². The first kappa shape index (κ1) is 30.2. The summed E-state index contributed by atoms with van der Waals surface area (Å²) in [5.41, 5.74) is 14.9. The van der Waals surface area contributed by atoms with Crippen LogP contribution >= 0.6 is 0 Å². The van der Waals surface area contributed by atoms with Crippen molar-refractivity contribution in [3.8, 4) is 22.3 Å². The van der Waals surface area contributed by atoms with Gasteiger partial charge in [-0.25, -0.2) is 0 Å². The number of fused-ring (bicyclic) bond motifs is 2. The third kappa shape index (κ3) is 5.71. The topological polar surface area (TPSA) is 9.72 Å². The van der Waals surface area contributed by atoms with E-state index in [2.05, 4.69) is 227 Å². The maximum atomic E-state index is 2.38. The van der Waals surface area contributed by atoms with Gasteiger partial charge < -0.3 is 14.7 Å². The Labute approximate surface area is 299 Å². The summed E-state index contributed by atoms with van der Waals surface area (Å²) >= 11 is 0. The molecule has 51 heavy (non-hydrogen) atoms. The van der Waals surface area contributed by atoms with Crippen molar-refractivity contribution in [2.24, 2.45) is 0 Å². The summed E-state index contributed by atoms with van der Waals surface area (Å²) in [6.07, 6.45) is 0. The van der Waals surface area contributed by atoms with Gasteiger partial charge in [0.1, 0.15) is 0 Å². The molecule has 1 aliphatic heterocycles. The molecule has 0 aliphatic carbocycles. The molecule has 1 aliphatic rings. The molecule has 0 saturated heterocycles. The normalized spacial score (nSPS) is 11.8. The van der Waals surface area contributed by atoms with Gasteiger partial charge in [-0.2, -0.15) is 0 Å². The van der Waals surface area contributed by atoms with Gasteiger partial charge in [-0.3, -0.25) is 0 Å². The van der Waals surface area contributed by atoms with Gasteiger partial charge >= 0.3 is 0 Å². The van der Waals surface area contributed by atoms with Gasteiger partial charge in [-0.15, -0.1) is 0 Å². The van der Waals surface area contributed by atoms with E-state index in [4.69, 9.17) is 0 Å². The minimum Gasteiger partial charge on any atom is -0.311 e. The number of hydrogen-bond donors (Lipinski definition) is 0. The average Bonchev–Trinajstić information content (AvgIpc) is 3.22. The molecule has 0 amide bonds. The summed E-state index contributed by atoms with van der Waals surface area (Å²) in [6.45, 7) is 0. The minimum absolute atomic E-state index is 1.09. The van der Waals surface area contributed by atoms with Crippen molar-refractivity contribution >= 4 is 51.2 Å². The van der Waals surface area contributed by atoms with E-state index in [0.717, 1.165) is 51.2 Å². The van der Waals surface area contributed by atoms with Crippen molar-refractivity contribution in [2.45, 2.75) is 0 Å². The molecule has 0 aromatic heterocycles. The predicted molar refractivity (Wildman–Crippen MR) is 215 cm³/mol. The summed E-state index contributed by atoms with van der Waals surface area (Å²) in [4.78, 5) is 7.07. The molecular formula is C48H35N3. The summed E-state index contributed by atoms with van der Waals surface area (Å²) in [7, 11) is 0. The van der Waals surface area contributed by atoms with E-state index >= 15 is 0 Å². The molecular weight excluding hydrogens is 619 g/mol. The number of hydrogen-bond acceptors (Lipinski definition) is 3. The summed E-state index contributed by atoms with van der Waals surface area (Å²) in [5.74, 6) is 0. The number of para-hydroxylation sites is 5. The Hall–Kier alpha value is -6.84. The van der Waals surface area contributed by atoms with Crippen LogP contribution in [0.1, 0.15) is 0 Å². The Morgan fingerprint density at radius 1 is 0.235 bits per heavy atom. The monoisotopic (exact) mass is 653 g/mol. The van der Waals surface area contributed by atoms with Crippen molar-refractivity contribution in [3.63, 3.8) is 0 Å². The second-order valence-electron chi connectivity index (χ2n) is 12.7. The molecule has 0 N–H and O–H groups in total. The van der Waals surface area contributed by atoms with E-state index in [1.807, 2.05) is 0 Å². The van der Waals surface area contributed by atoms with Crippen molar-refractivity contribution in [2.75, 3.05) is 14.7 Å². The van der Waals surface area contributed by atoms with E-state index in [9.17, 15) is 0 Å². The van der Waals surface area contributed by atoms with Gasteiger partial charge in [-0.05, 0) is 107 Å². The van der Waals surface area contributed by atoms with Crippen LogP contribution in [0.25, 0.3) is 22.3 Å². The highest BCUT2D eigenvalue weighted by Crippen LogP contribution is 2.54. The van der Waals surface area contributed by atoms with Crippen molar-refractivity contribution in [3.05, 3.63) is 212 Å². The number of rotatable bonds is 7. The summed E-state index contributed by atoms with van der Waals surface area (Å²) in [6, 6.07) is 75.7. The summed E-state index contributed by atoms with van der Waals surface area (Å²) < 4.78 is 0. The van der Waals surface area contributed by atoms with Crippen molar-refractivity contribution < 1.29 is 0 Å². The van der Waals surface area contributed by atoms with Crippen LogP contribution in [0, 0.1) is 0 Å². The quantitative estimate of drug-likeness (QED) is 0.169. The zero-order valence-electron chi connectivity index (χ0n) is 28.0. The van der Waals surface area contributed by atoms with Crippen LogP contribution in [0.5, 0.6) is 0 Å². The standard InChI is InChI=1S/C48H35N3/c1-4-14-36(15-5-1)38-24-28-41(29-25-38)49(42-30-26-39(27-31-42)37-16-6-2-7-17-37)43-32-34-44(35-33-43)51-47-22-12-10-20-45(47)50(40-18-8-3-9-19-40)46-21-11-13-23-48(46)51/h1-35H. The van der Waals surface area contributed by atoms with Crippen LogP contribution < -0.4 is 14.7 Å². The fraction of sp³-hybridized carbons (Fsp3) is 0. The predicted octanol–water partition coefficient (Wildman–Crippen LogP) is 13.7. The van der Waals surface area contributed by atoms with Gasteiger partial charge in [0.15, 0.2) is 0 Å². The van der Waals surface area contributed by atoms with Gasteiger partial charge in [0.05, 0.1) is 22.7 Å². The lowest BCUT2D eigenvalue weighted by molar-refractivity contribution is 1.17.